The van der Waals surface area contributed by atoms with Gasteiger partial charge in [-0.05, 0) is 35.1 Å². The Balaban J connectivity index is 1.71. The molecule has 29 heavy (non-hydrogen) atoms. The molecule has 6 heteroatoms. The second-order valence-corrected chi connectivity index (χ2v) is 8.13. The van der Waals surface area contributed by atoms with Crippen LogP contribution in [0.5, 0.6) is 0 Å². The van der Waals surface area contributed by atoms with E-state index in [4.69, 9.17) is 0 Å². The fourth-order valence-electron chi connectivity index (χ4n) is 4.65. The highest BCUT2D eigenvalue weighted by Gasteiger charge is 2.35. The Labute approximate surface area is 170 Å². The molecule has 2 aromatic rings. The van der Waals surface area contributed by atoms with Crippen molar-refractivity contribution in [3.63, 3.8) is 0 Å². The Hall–Kier alpha value is -2.89. The second-order valence-electron chi connectivity index (χ2n) is 8.13. The average molecular weight is 393 g/mol. The number of piperidine rings is 1. The van der Waals surface area contributed by atoms with E-state index in [9.17, 15) is 14.4 Å². The molecule has 1 aromatic heterocycles. The molecular formula is C23H27N3O3. The number of hydrogen-bond acceptors (Lipinski definition) is 3. The molecule has 0 unspecified atom stereocenters. The largest absolute Gasteiger partial charge is 0.352 e. The lowest BCUT2D eigenvalue weighted by atomic mass is 9.82. The number of carbonyl (C=O) groups excluding carboxylic acids is 2. The molecule has 6 nitrogen and oxygen atoms in total. The maximum absolute atomic E-state index is 12.9. The average Bonchev–Trinajstić information content (AvgIpc) is 2.72. The van der Waals surface area contributed by atoms with Crippen LogP contribution in [0.25, 0.3) is 11.1 Å². The molecule has 2 aliphatic heterocycles. The van der Waals surface area contributed by atoms with E-state index in [0.29, 0.717) is 32.0 Å². The van der Waals surface area contributed by atoms with Crippen LogP contribution in [0.2, 0.25) is 0 Å². The maximum Gasteiger partial charge on any atom is 0.251 e. The Bertz CT molecular complexity index is 1010. The molecule has 0 radical (unpaired) electrons. The minimum atomic E-state index is 0.00267. The van der Waals surface area contributed by atoms with Crippen LogP contribution in [0.4, 0.5) is 0 Å². The van der Waals surface area contributed by atoms with Gasteiger partial charge in [0.2, 0.25) is 11.8 Å². The molecule has 4 rings (SSSR count). The highest BCUT2D eigenvalue weighted by Crippen LogP contribution is 2.37. The summed E-state index contributed by atoms with van der Waals surface area (Å²) in [6, 6.07) is 11.7. The zero-order valence-electron chi connectivity index (χ0n) is 17.0. The molecule has 3 heterocycles. The van der Waals surface area contributed by atoms with Gasteiger partial charge < -0.3 is 14.8 Å². The van der Waals surface area contributed by atoms with Crippen molar-refractivity contribution in [3.8, 4) is 11.1 Å². The Morgan fingerprint density at radius 2 is 1.93 bits per heavy atom. The summed E-state index contributed by atoms with van der Waals surface area (Å²) in [7, 11) is 0. The lowest BCUT2D eigenvalue weighted by Crippen LogP contribution is -2.48. The van der Waals surface area contributed by atoms with Crippen LogP contribution < -0.4 is 10.9 Å². The van der Waals surface area contributed by atoms with Crippen LogP contribution in [0.3, 0.4) is 0 Å². The molecule has 2 bridgehead atoms. The van der Waals surface area contributed by atoms with Crippen LogP contribution in [0, 0.1) is 5.92 Å². The van der Waals surface area contributed by atoms with Gasteiger partial charge in [-0.2, -0.15) is 0 Å². The van der Waals surface area contributed by atoms with Gasteiger partial charge in [0, 0.05) is 57.2 Å². The van der Waals surface area contributed by atoms with Crippen LogP contribution >= 0.6 is 0 Å². The van der Waals surface area contributed by atoms with Gasteiger partial charge in [-0.3, -0.25) is 14.4 Å². The number of nitrogens with zero attached hydrogens (tertiary/aromatic N) is 2. The van der Waals surface area contributed by atoms with Crippen molar-refractivity contribution >= 4 is 11.8 Å². The molecular weight excluding hydrogens is 366 g/mol. The van der Waals surface area contributed by atoms with Gasteiger partial charge in [-0.25, -0.2) is 0 Å². The quantitative estimate of drug-likeness (QED) is 0.868. The number of fused-ring (bicyclic) bond motifs is 4. The zero-order valence-corrected chi connectivity index (χ0v) is 17.0. The van der Waals surface area contributed by atoms with Crippen molar-refractivity contribution in [1.29, 1.82) is 0 Å². The number of nitrogens with one attached hydrogen (secondary N) is 1. The van der Waals surface area contributed by atoms with Gasteiger partial charge in [0.15, 0.2) is 0 Å². The fourth-order valence-corrected chi connectivity index (χ4v) is 4.65. The van der Waals surface area contributed by atoms with Gasteiger partial charge in [0.1, 0.15) is 0 Å². The first-order chi connectivity index (χ1) is 14.0. The van der Waals surface area contributed by atoms with Crippen molar-refractivity contribution in [2.24, 2.45) is 5.92 Å². The van der Waals surface area contributed by atoms with Gasteiger partial charge >= 0.3 is 0 Å². The van der Waals surface area contributed by atoms with Crippen molar-refractivity contribution in [2.45, 2.75) is 45.7 Å². The molecule has 1 saturated heterocycles. The summed E-state index contributed by atoms with van der Waals surface area (Å²) in [5.74, 6) is 0.628. The first-order valence-electron chi connectivity index (χ1n) is 10.3. The topological polar surface area (TPSA) is 71.4 Å². The first-order valence-corrected chi connectivity index (χ1v) is 10.3. The molecule has 1 N–H and O–H groups in total. The molecule has 0 spiro atoms. The van der Waals surface area contributed by atoms with E-state index < -0.39 is 0 Å². The van der Waals surface area contributed by atoms with E-state index in [-0.39, 0.29) is 23.3 Å². The number of amides is 2. The lowest BCUT2D eigenvalue weighted by Gasteiger charge is -2.42. The van der Waals surface area contributed by atoms with Crippen LogP contribution in [-0.2, 0) is 22.7 Å². The monoisotopic (exact) mass is 393 g/mol. The van der Waals surface area contributed by atoms with E-state index in [2.05, 4.69) is 11.4 Å². The van der Waals surface area contributed by atoms with Gasteiger partial charge in [-0.1, -0.05) is 31.2 Å². The molecule has 0 saturated carbocycles. The number of rotatable bonds is 4. The van der Waals surface area contributed by atoms with Crippen molar-refractivity contribution in [3.05, 3.63) is 58.0 Å². The van der Waals surface area contributed by atoms with E-state index >= 15 is 0 Å². The summed E-state index contributed by atoms with van der Waals surface area (Å²) < 4.78 is 1.89. The van der Waals surface area contributed by atoms with E-state index in [0.717, 1.165) is 35.3 Å². The first kappa shape index (κ1) is 19.4. The van der Waals surface area contributed by atoms with Crippen LogP contribution in [0.1, 0.15) is 43.9 Å². The smallest absolute Gasteiger partial charge is 0.251 e. The van der Waals surface area contributed by atoms with Crippen molar-refractivity contribution in [1.82, 2.24) is 14.8 Å². The van der Waals surface area contributed by atoms with Crippen LogP contribution in [0.15, 0.2) is 41.2 Å². The highest BCUT2D eigenvalue weighted by molar-refractivity contribution is 5.76. The van der Waals surface area contributed by atoms with Gasteiger partial charge in [0.25, 0.3) is 5.56 Å². The Morgan fingerprint density at radius 3 is 2.69 bits per heavy atom. The number of aromatic nitrogens is 1. The number of benzene rings is 1. The van der Waals surface area contributed by atoms with Crippen LogP contribution in [-0.4, -0.2) is 34.4 Å². The third-order valence-corrected chi connectivity index (χ3v) is 6.13. The molecule has 2 aliphatic rings. The summed E-state index contributed by atoms with van der Waals surface area (Å²) in [4.78, 5) is 38.5. The van der Waals surface area contributed by atoms with Gasteiger partial charge in [-0.15, -0.1) is 0 Å². The zero-order chi connectivity index (χ0) is 20.5. The minimum absolute atomic E-state index is 0.00267. The molecule has 2 atom stereocenters. The Kier molecular flexibility index (Phi) is 5.26. The predicted molar refractivity (Wildman–Crippen MR) is 111 cm³/mol. The summed E-state index contributed by atoms with van der Waals surface area (Å²) in [6.07, 6.45) is 1.46. The summed E-state index contributed by atoms with van der Waals surface area (Å²) in [5, 5.41) is 2.92. The minimum Gasteiger partial charge on any atom is -0.352 e. The Morgan fingerprint density at radius 1 is 1.14 bits per heavy atom. The SMILES string of the molecule is CCC(=O)NCc1ccccc1-c1cc2n(c(=O)c1)C[C@H]1C[C@@H]2CN(C(C)=O)C1. The molecule has 0 aliphatic carbocycles. The molecule has 1 fully saturated rings. The molecule has 1 aromatic carbocycles. The van der Waals surface area contributed by atoms with Crippen molar-refractivity contribution < 1.29 is 9.59 Å². The number of hydrogen-bond donors (Lipinski definition) is 1. The number of carbonyl (C=O) groups is 2. The van der Waals surface area contributed by atoms with E-state index in [1.807, 2.05) is 40.7 Å². The maximum atomic E-state index is 12.9. The summed E-state index contributed by atoms with van der Waals surface area (Å²) >= 11 is 0. The fraction of sp³-hybridized carbons (Fsp3) is 0.435. The summed E-state index contributed by atoms with van der Waals surface area (Å²) in [6.45, 7) is 5.95. The predicted octanol–water partition coefficient (Wildman–Crippen LogP) is 2.51. The van der Waals surface area contributed by atoms with Crippen molar-refractivity contribution in [2.75, 3.05) is 13.1 Å². The van der Waals surface area contributed by atoms with Gasteiger partial charge in [0.05, 0.1) is 0 Å². The molecule has 2 amide bonds. The third-order valence-electron chi connectivity index (χ3n) is 6.13. The van der Waals surface area contributed by atoms with E-state index in [1.165, 1.54) is 0 Å². The normalized spacial score (nSPS) is 20.1. The third kappa shape index (κ3) is 3.84. The summed E-state index contributed by atoms with van der Waals surface area (Å²) in [5.41, 5.74) is 3.85. The second kappa shape index (κ2) is 7.85. The lowest BCUT2D eigenvalue weighted by molar-refractivity contribution is -0.131. The standard InChI is InChI=1S/C23H27N3O3/c1-3-22(28)24-11-17-6-4-5-7-20(17)18-9-21-19-8-16(12-25(14-19)15(2)27)13-26(21)23(29)10-18/h4-7,9-10,16,19H,3,8,11-14H2,1-2H3,(H,24,28)/t16-,19+/m0/s1. The van der Waals surface area contributed by atoms with E-state index in [1.54, 1.807) is 13.0 Å². The number of pyridine rings is 1. The molecule has 152 valence electrons. The number of likely N-dealkylation sites (tertiary alicyclic amines) is 1. The highest BCUT2D eigenvalue weighted by atomic mass is 16.2.